The molecule has 1 atom stereocenters. The number of benzene rings is 1. The van der Waals surface area contributed by atoms with Crippen LogP contribution in [0.25, 0.3) is 11.4 Å². The van der Waals surface area contributed by atoms with Crippen molar-refractivity contribution in [1.29, 1.82) is 0 Å². The van der Waals surface area contributed by atoms with Crippen molar-refractivity contribution in [3.05, 3.63) is 41.2 Å². The van der Waals surface area contributed by atoms with Crippen LogP contribution in [0.5, 0.6) is 11.5 Å². The number of carbonyl (C=O) groups is 1. The first-order valence-electron chi connectivity index (χ1n) is 10.4. The molecule has 0 spiro atoms. The lowest BCUT2D eigenvalue weighted by atomic mass is 10.2. The number of hydrogen-bond acceptors (Lipinski definition) is 8. The number of Topliss-reactive ketones (excluding diaryl/α,β-unsaturated/α-hetero) is 1. The van der Waals surface area contributed by atoms with Gasteiger partial charge >= 0.3 is 0 Å². The van der Waals surface area contributed by atoms with Gasteiger partial charge in [0.15, 0.2) is 21.4 Å². The minimum absolute atomic E-state index is 0.0476. The van der Waals surface area contributed by atoms with E-state index in [4.69, 9.17) is 9.47 Å². The largest absolute Gasteiger partial charge is 0.497 e. The maximum atomic E-state index is 12.9. The number of carbonyl (C=O) groups excluding carboxylic acids is 1. The topological polar surface area (TPSA) is 116 Å². The highest BCUT2D eigenvalue weighted by Gasteiger charge is 2.31. The highest BCUT2D eigenvalue weighted by Crippen LogP contribution is 2.33. The first kappa shape index (κ1) is 23.4. The Kier molecular flexibility index (Phi) is 6.53. The van der Waals surface area contributed by atoms with Crippen molar-refractivity contribution in [1.82, 2.24) is 19.7 Å². The van der Waals surface area contributed by atoms with Crippen LogP contribution in [0.2, 0.25) is 0 Å². The fourth-order valence-corrected chi connectivity index (χ4v) is 6.62. The van der Waals surface area contributed by atoms with Gasteiger partial charge in [0.2, 0.25) is 5.16 Å². The lowest BCUT2D eigenvalue weighted by Crippen LogP contribution is -2.14. The molecule has 1 aliphatic heterocycles. The predicted molar refractivity (Wildman–Crippen MR) is 126 cm³/mol. The molecule has 0 radical (unpaired) electrons. The zero-order valence-corrected chi connectivity index (χ0v) is 20.5. The zero-order chi connectivity index (χ0) is 23.8. The highest BCUT2D eigenvalue weighted by atomic mass is 32.2. The molecule has 0 saturated carbocycles. The number of aromatic nitrogens is 4. The molecule has 1 aliphatic rings. The summed E-state index contributed by atoms with van der Waals surface area (Å²) in [6.07, 6.45) is 0.579. The van der Waals surface area contributed by atoms with Crippen molar-refractivity contribution in [3.8, 4) is 22.9 Å². The third kappa shape index (κ3) is 4.79. The molecule has 176 valence electrons. The van der Waals surface area contributed by atoms with Crippen LogP contribution < -0.4 is 9.47 Å². The van der Waals surface area contributed by atoms with E-state index >= 15 is 0 Å². The molecule has 11 heteroatoms. The average Bonchev–Trinajstić information content (AvgIpc) is 3.48. The molecule has 0 amide bonds. The van der Waals surface area contributed by atoms with Gasteiger partial charge in [-0.05, 0) is 38.5 Å². The number of H-pyrrole nitrogens is 1. The monoisotopic (exact) mass is 490 g/mol. The number of ketones is 1. The van der Waals surface area contributed by atoms with Crippen LogP contribution in [0.1, 0.15) is 34.2 Å². The number of thioether (sulfide) groups is 1. The number of rotatable bonds is 8. The van der Waals surface area contributed by atoms with Crippen molar-refractivity contribution in [3.63, 3.8) is 0 Å². The number of sulfone groups is 1. The molecule has 1 N–H and O–H groups in total. The van der Waals surface area contributed by atoms with Crippen molar-refractivity contribution in [2.24, 2.45) is 0 Å². The molecule has 1 aromatic carbocycles. The number of aryl methyl sites for hydroxylation is 1. The summed E-state index contributed by atoms with van der Waals surface area (Å²) in [4.78, 5) is 17.4. The van der Waals surface area contributed by atoms with E-state index < -0.39 is 9.84 Å². The number of methoxy groups -OCH3 is 2. The molecule has 2 aromatic heterocycles. The van der Waals surface area contributed by atoms with Crippen LogP contribution in [-0.2, 0) is 9.84 Å². The third-order valence-corrected chi connectivity index (χ3v) is 8.42. The molecule has 1 unspecified atom stereocenters. The molecule has 4 rings (SSSR count). The van der Waals surface area contributed by atoms with Gasteiger partial charge in [0, 0.05) is 29.1 Å². The van der Waals surface area contributed by atoms with Gasteiger partial charge in [-0.25, -0.2) is 13.4 Å². The van der Waals surface area contributed by atoms with Crippen molar-refractivity contribution in [2.45, 2.75) is 31.5 Å². The van der Waals surface area contributed by atoms with Gasteiger partial charge in [-0.1, -0.05) is 11.8 Å². The van der Waals surface area contributed by atoms with Gasteiger partial charge in [-0.2, -0.15) is 0 Å². The molecule has 0 bridgehead atoms. The SMILES string of the molecule is COc1ccc(-c2nc(SCC(=O)c3cc(C)n(C4CCS(=O)(=O)C4)c3C)n[nH]2)c(OC)c1. The van der Waals surface area contributed by atoms with Gasteiger partial charge in [-0.3, -0.25) is 9.89 Å². The third-order valence-electron chi connectivity index (χ3n) is 5.82. The molecule has 1 saturated heterocycles. The standard InChI is InChI=1S/C22H26N4O5S2/c1-13-9-18(14(2)26(13)15-7-8-33(28,29)12-15)19(27)11-32-22-23-21(24-25-22)17-6-5-16(30-3)10-20(17)31-4/h5-6,9-10,15H,7-8,11-12H2,1-4H3,(H,23,24,25). The van der Waals surface area contributed by atoms with E-state index in [0.717, 1.165) is 17.0 Å². The van der Waals surface area contributed by atoms with Crippen LogP contribution in [0.15, 0.2) is 29.4 Å². The van der Waals surface area contributed by atoms with Gasteiger partial charge in [0.1, 0.15) is 11.5 Å². The Morgan fingerprint density at radius 3 is 2.70 bits per heavy atom. The summed E-state index contributed by atoms with van der Waals surface area (Å²) in [5.74, 6) is 2.24. The van der Waals surface area contributed by atoms with Crippen LogP contribution in [-0.4, -0.2) is 65.4 Å². The van der Waals surface area contributed by atoms with E-state index in [1.54, 1.807) is 20.3 Å². The summed E-state index contributed by atoms with van der Waals surface area (Å²) in [6.45, 7) is 3.78. The summed E-state index contributed by atoms with van der Waals surface area (Å²) in [5, 5.41) is 7.56. The summed E-state index contributed by atoms with van der Waals surface area (Å²) >= 11 is 1.24. The highest BCUT2D eigenvalue weighted by molar-refractivity contribution is 7.99. The molecule has 33 heavy (non-hydrogen) atoms. The lowest BCUT2D eigenvalue weighted by molar-refractivity contribution is 0.102. The van der Waals surface area contributed by atoms with E-state index in [1.165, 1.54) is 11.8 Å². The normalized spacial score (nSPS) is 17.3. The number of aromatic amines is 1. The van der Waals surface area contributed by atoms with E-state index in [2.05, 4.69) is 15.2 Å². The van der Waals surface area contributed by atoms with Crippen molar-refractivity contribution in [2.75, 3.05) is 31.5 Å². The molecular weight excluding hydrogens is 464 g/mol. The lowest BCUT2D eigenvalue weighted by Gasteiger charge is -2.16. The maximum Gasteiger partial charge on any atom is 0.209 e. The van der Waals surface area contributed by atoms with Crippen LogP contribution in [0, 0.1) is 13.8 Å². The van der Waals surface area contributed by atoms with Crippen molar-refractivity contribution >= 4 is 27.4 Å². The minimum atomic E-state index is -3.01. The minimum Gasteiger partial charge on any atom is -0.497 e. The molecule has 3 aromatic rings. The molecule has 3 heterocycles. The summed E-state index contributed by atoms with van der Waals surface area (Å²) < 4.78 is 36.4. The Hall–Kier alpha value is -2.79. The Labute approximate surface area is 196 Å². The number of nitrogens with one attached hydrogen (secondary N) is 1. The molecule has 0 aliphatic carbocycles. The molecule has 9 nitrogen and oxygen atoms in total. The van der Waals surface area contributed by atoms with Gasteiger partial charge in [-0.15, -0.1) is 5.10 Å². The van der Waals surface area contributed by atoms with Gasteiger partial charge < -0.3 is 14.0 Å². The fraction of sp³-hybridized carbons (Fsp3) is 0.409. The molecular formula is C22H26N4O5S2. The second-order valence-corrected chi connectivity index (χ2v) is 11.1. The molecule has 1 fully saturated rings. The summed E-state index contributed by atoms with van der Waals surface area (Å²) in [7, 11) is 0.145. The average molecular weight is 491 g/mol. The second kappa shape index (κ2) is 9.22. The number of nitrogens with zero attached hydrogens (tertiary/aromatic N) is 3. The van der Waals surface area contributed by atoms with Crippen LogP contribution in [0.4, 0.5) is 0 Å². The second-order valence-electron chi connectivity index (χ2n) is 7.96. The van der Waals surface area contributed by atoms with E-state index in [0.29, 0.717) is 34.5 Å². The Morgan fingerprint density at radius 2 is 2.03 bits per heavy atom. The van der Waals surface area contributed by atoms with Crippen LogP contribution in [0.3, 0.4) is 0 Å². The number of hydrogen-bond donors (Lipinski definition) is 1. The van der Waals surface area contributed by atoms with E-state index in [-0.39, 0.29) is 29.1 Å². The zero-order valence-electron chi connectivity index (χ0n) is 18.9. The smallest absolute Gasteiger partial charge is 0.209 e. The maximum absolute atomic E-state index is 12.9. The Morgan fingerprint density at radius 1 is 1.24 bits per heavy atom. The van der Waals surface area contributed by atoms with Gasteiger partial charge in [0.05, 0.1) is 37.0 Å². The van der Waals surface area contributed by atoms with E-state index in [9.17, 15) is 13.2 Å². The predicted octanol–water partition coefficient (Wildman–Crippen LogP) is 3.24. The summed E-state index contributed by atoms with van der Waals surface area (Å²) in [5.41, 5.74) is 3.05. The van der Waals surface area contributed by atoms with Crippen molar-refractivity contribution < 1.29 is 22.7 Å². The first-order valence-corrected chi connectivity index (χ1v) is 13.2. The van der Waals surface area contributed by atoms with Crippen LogP contribution >= 0.6 is 11.8 Å². The quantitative estimate of drug-likeness (QED) is 0.378. The first-order chi connectivity index (χ1) is 15.7. The fourth-order valence-electron chi connectivity index (χ4n) is 4.23. The number of ether oxygens (including phenoxy) is 2. The van der Waals surface area contributed by atoms with Gasteiger partial charge in [0.25, 0.3) is 0 Å². The van der Waals surface area contributed by atoms with E-state index in [1.807, 2.05) is 36.6 Å². The Balaban J connectivity index is 1.47. The Bertz CT molecular complexity index is 1300. The summed E-state index contributed by atoms with van der Waals surface area (Å²) in [6, 6.07) is 7.13.